The summed E-state index contributed by atoms with van der Waals surface area (Å²) >= 11 is 2.77. The first kappa shape index (κ1) is 26.0. The molecule has 0 fully saturated rings. The van der Waals surface area contributed by atoms with Gasteiger partial charge < -0.3 is 14.8 Å². The minimum Gasteiger partial charge on any atom is -0.497 e. The molecule has 10 heteroatoms. The lowest BCUT2D eigenvalue weighted by molar-refractivity contribution is -0.113. The Morgan fingerprint density at radius 2 is 1.97 bits per heavy atom. The zero-order valence-electron chi connectivity index (χ0n) is 20.7. The Morgan fingerprint density at radius 1 is 1.22 bits per heavy atom. The van der Waals surface area contributed by atoms with Gasteiger partial charge >= 0.3 is 5.97 Å². The monoisotopic (exact) mass is 526 g/mol. The molecule has 3 aromatic rings. The second-order valence-electron chi connectivity index (χ2n) is 8.64. The first-order valence-corrected chi connectivity index (χ1v) is 13.7. The molecule has 1 N–H and O–H groups in total. The molecular formula is C26H30N4O4S2. The molecule has 0 atom stereocenters. The summed E-state index contributed by atoms with van der Waals surface area (Å²) in [6.45, 7) is 7.99. The van der Waals surface area contributed by atoms with Crippen LogP contribution in [0.1, 0.15) is 47.5 Å². The van der Waals surface area contributed by atoms with E-state index in [1.54, 1.807) is 13.2 Å². The van der Waals surface area contributed by atoms with Crippen LogP contribution in [0.15, 0.2) is 42.1 Å². The summed E-state index contributed by atoms with van der Waals surface area (Å²) < 4.78 is 12.6. The molecule has 8 nitrogen and oxygen atoms in total. The molecular weight excluding hydrogens is 496 g/mol. The van der Waals surface area contributed by atoms with Crippen molar-refractivity contribution in [2.45, 2.75) is 57.3 Å². The number of carbonyl (C=O) groups is 2. The largest absolute Gasteiger partial charge is 0.497 e. The minimum atomic E-state index is -0.373. The van der Waals surface area contributed by atoms with E-state index in [4.69, 9.17) is 9.47 Å². The van der Waals surface area contributed by atoms with Crippen molar-refractivity contribution in [2.24, 2.45) is 0 Å². The maximum Gasteiger partial charge on any atom is 0.341 e. The molecule has 0 unspecified atom stereocenters. The summed E-state index contributed by atoms with van der Waals surface area (Å²) in [7, 11) is 1.62. The first-order chi connectivity index (χ1) is 17.4. The predicted octanol–water partition coefficient (Wildman–Crippen LogP) is 5.38. The number of aryl methyl sites for hydroxylation is 1. The van der Waals surface area contributed by atoms with Crippen molar-refractivity contribution in [1.82, 2.24) is 14.8 Å². The summed E-state index contributed by atoms with van der Waals surface area (Å²) in [5.74, 6) is 0.981. The van der Waals surface area contributed by atoms with Crippen LogP contribution in [0.25, 0.3) is 11.4 Å². The fraction of sp³-hybridized carbons (Fsp3) is 0.385. The fourth-order valence-electron chi connectivity index (χ4n) is 4.08. The maximum absolute atomic E-state index is 12.9. The highest BCUT2D eigenvalue weighted by Gasteiger charge is 2.28. The summed E-state index contributed by atoms with van der Waals surface area (Å²) in [6.07, 6.45) is 5.41. The number of allylic oxidation sites excluding steroid dienone is 1. The van der Waals surface area contributed by atoms with Crippen molar-refractivity contribution >= 4 is 40.0 Å². The third-order valence-corrected chi connectivity index (χ3v) is 7.85. The number of esters is 1. The molecule has 1 aliphatic rings. The molecule has 0 radical (unpaired) electrons. The normalized spacial score (nSPS) is 12.8. The van der Waals surface area contributed by atoms with E-state index in [9.17, 15) is 9.59 Å². The van der Waals surface area contributed by atoms with Gasteiger partial charge in [-0.05, 0) is 69.4 Å². The van der Waals surface area contributed by atoms with Gasteiger partial charge in [-0.1, -0.05) is 17.8 Å². The lowest BCUT2D eigenvalue weighted by atomic mass is 9.95. The Kier molecular flexibility index (Phi) is 8.48. The molecule has 0 saturated carbocycles. The van der Waals surface area contributed by atoms with Gasteiger partial charge in [-0.2, -0.15) is 0 Å². The van der Waals surface area contributed by atoms with Gasteiger partial charge in [0.1, 0.15) is 10.8 Å². The van der Waals surface area contributed by atoms with Gasteiger partial charge in [0.2, 0.25) is 5.91 Å². The number of nitrogens with one attached hydrogen (secondary N) is 1. The zero-order valence-corrected chi connectivity index (χ0v) is 22.3. The van der Waals surface area contributed by atoms with Crippen LogP contribution in [0.3, 0.4) is 0 Å². The van der Waals surface area contributed by atoms with E-state index >= 15 is 0 Å². The standard InChI is InChI=1S/C26H30N4O4S2/c1-5-14-30-23(17-10-12-18(33-4)13-11-17)28-29-26(30)35-15-21(31)27-24-22(25(32)34-16(2)3)19-8-6-7-9-20(19)36-24/h5,10-13,16H,1,6-9,14-15H2,2-4H3,(H,27,31). The zero-order chi connectivity index (χ0) is 25.7. The van der Waals surface area contributed by atoms with Crippen LogP contribution < -0.4 is 10.1 Å². The van der Waals surface area contributed by atoms with Gasteiger partial charge in [-0.3, -0.25) is 9.36 Å². The Balaban J connectivity index is 1.50. The average Bonchev–Trinajstić information content (AvgIpc) is 3.43. The smallest absolute Gasteiger partial charge is 0.341 e. The Labute approximate surface area is 219 Å². The Hall–Kier alpha value is -3.11. The van der Waals surface area contributed by atoms with Crippen LogP contribution in [0.4, 0.5) is 5.00 Å². The van der Waals surface area contributed by atoms with E-state index in [1.807, 2.05) is 42.7 Å². The molecule has 2 aromatic heterocycles. The van der Waals surface area contributed by atoms with Gasteiger partial charge in [-0.25, -0.2) is 4.79 Å². The number of carbonyl (C=O) groups excluding carboxylic acids is 2. The van der Waals surface area contributed by atoms with E-state index in [0.29, 0.717) is 28.1 Å². The molecule has 1 aliphatic carbocycles. The number of hydrogen-bond donors (Lipinski definition) is 1. The molecule has 4 rings (SSSR count). The van der Waals surface area contributed by atoms with Gasteiger partial charge in [0.25, 0.3) is 0 Å². The number of amides is 1. The van der Waals surface area contributed by atoms with Crippen molar-refractivity contribution in [3.05, 3.63) is 52.9 Å². The van der Waals surface area contributed by atoms with Crippen LogP contribution in [0, 0.1) is 0 Å². The number of hydrogen-bond acceptors (Lipinski definition) is 8. The molecule has 36 heavy (non-hydrogen) atoms. The van der Waals surface area contributed by atoms with Gasteiger partial charge in [0, 0.05) is 17.0 Å². The quantitative estimate of drug-likeness (QED) is 0.215. The number of rotatable bonds is 10. The summed E-state index contributed by atoms with van der Waals surface area (Å²) in [5, 5.41) is 12.8. The Morgan fingerprint density at radius 3 is 2.67 bits per heavy atom. The summed E-state index contributed by atoms with van der Waals surface area (Å²) in [5.41, 5.74) is 2.42. The number of benzene rings is 1. The van der Waals surface area contributed by atoms with E-state index in [0.717, 1.165) is 47.4 Å². The van der Waals surface area contributed by atoms with Gasteiger partial charge in [0.05, 0.1) is 24.5 Å². The van der Waals surface area contributed by atoms with Crippen LogP contribution in [-0.4, -0.2) is 45.6 Å². The van der Waals surface area contributed by atoms with Gasteiger partial charge in [0.15, 0.2) is 11.0 Å². The second kappa shape index (κ2) is 11.7. The van der Waals surface area contributed by atoms with Crippen molar-refractivity contribution in [3.8, 4) is 17.1 Å². The molecule has 190 valence electrons. The summed E-state index contributed by atoms with van der Waals surface area (Å²) in [4.78, 5) is 27.0. The van der Waals surface area contributed by atoms with Crippen LogP contribution in [-0.2, 0) is 28.9 Å². The number of nitrogens with zero attached hydrogens (tertiary/aromatic N) is 3. The topological polar surface area (TPSA) is 95.3 Å². The highest BCUT2D eigenvalue weighted by atomic mass is 32.2. The highest BCUT2D eigenvalue weighted by Crippen LogP contribution is 2.39. The van der Waals surface area contributed by atoms with Gasteiger partial charge in [-0.15, -0.1) is 28.1 Å². The number of anilines is 1. The summed E-state index contributed by atoms with van der Waals surface area (Å²) in [6, 6.07) is 7.57. The molecule has 0 aliphatic heterocycles. The van der Waals surface area contributed by atoms with E-state index in [1.165, 1.54) is 23.1 Å². The third-order valence-electron chi connectivity index (χ3n) is 5.68. The number of thioether (sulfide) groups is 1. The molecule has 1 aromatic carbocycles. The third kappa shape index (κ3) is 5.82. The van der Waals surface area contributed by atoms with Crippen LogP contribution >= 0.6 is 23.1 Å². The fourth-order valence-corrected chi connectivity index (χ4v) is 6.12. The maximum atomic E-state index is 12.9. The predicted molar refractivity (Wildman–Crippen MR) is 143 cm³/mol. The van der Waals surface area contributed by atoms with Crippen molar-refractivity contribution in [1.29, 1.82) is 0 Å². The van der Waals surface area contributed by atoms with E-state index in [-0.39, 0.29) is 23.7 Å². The minimum absolute atomic E-state index is 0.124. The number of ether oxygens (including phenoxy) is 2. The molecule has 1 amide bonds. The first-order valence-electron chi connectivity index (χ1n) is 11.9. The molecule has 0 saturated heterocycles. The second-order valence-corrected chi connectivity index (χ2v) is 10.7. The number of methoxy groups -OCH3 is 1. The SMILES string of the molecule is C=CCn1c(SCC(=O)Nc2sc3c(c2C(=O)OC(C)C)CCCC3)nnc1-c1ccc(OC)cc1. The number of aromatic nitrogens is 3. The molecule has 0 spiro atoms. The van der Waals surface area contributed by atoms with Crippen molar-refractivity contribution in [3.63, 3.8) is 0 Å². The van der Waals surface area contributed by atoms with E-state index in [2.05, 4.69) is 22.1 Å². The number of fused-ring (bicyclic) bond motifs is 1. The lowest BCUT2D eigenvalue weighted by Gasteiger charge is -2.14. The Bertz CT molecular complexity index is 1250. The highest BCUT2D eigenvalue weighted by molar-refractivity contribution is 7.99. The van der Waals surface area contributed by atoms with Crippen molar-refractivity contribution in [2.75, 3.05) is 18.2 Å². The molecule has 0 bridgehead atoms. The molecule has 2 heterocycles. The number of thiophene rings is 1. The van der Waals surface area contributed by atoms with E-state index < -0.39 is 0 Å². The van der Waals surface area contributed by atoms with Crippen molar-refractivity contribution < 1.29 is 19.1 Å². The average molecular weight is 527 g/mol. The van der Waals surface area contributed by atoms with Crippen LogP contribution in [0.2, 0.25) is 0 Å². The lowest BCUT2D eigenvalue weighted by Crippen LogP contribution is -2.19. The van der Waals surface area contributed by atoms with Crippen LogP contribution in [0.5, 0.6) is 5.75 Å².